The molecule has 30 heavy (non-hydrogen) atoms. The van der Waals surface area contributed by atoms with Crippen LogP contribution in [0.25, 0.3) is 0 Å². The molecular weight excluding hydrogens is 378 g/mol. The van der Waals surface area contributed by atoms with Gasteiger partial charge >= 0.3 is 0 Å². The number of fused-ring (bicyclic) bond motifs is 1. The highest BCUT2D eigenvalue weighted by molar-refractivity contribution is 6.25. The third-order valence-corrected chi connectivity index (χ3v) is 6.35. The molecular formula is C24H27N3O3. The summed E-state index contributed by atoms with van der Waals surface area (Å²) in [6.45, 7) is 2.22. The summed E-state index contributed by atoms with van der Waals surface area (Å²) in [5.41, 5.74) is 5.99. The van der Waals surface area contributed by atoms with E-state index in [4.69, 9.17) is 5.73 Å². The normalized spacial score (nSPS) is 21.4. The first-order valence-corrected chi connectivity index (χ1v) is 10.6. The van der Waals surface area contributed by atoms with Gasteiger partial charge in [0.05, 0.1) is 0 Å². The Hall–Kier alpha value is -3.15. The van der Waals surface area contributed by atoms with Crippen molar-refractivity contribution in [1.29, 1.82) is 0 Å². The van der Waals surface area contributed by atoms with Crippen molar-refractivity contribution in [3.05, 3.63) is 65.2 Å². The Bertz CT molecular complexity index is 982. The summed E-state index contributed by atoms with van der Waals surface area (Å²) in [6.07, 6.45) is 5.26. The maximum atomic E-state index is 13.6. The van der Waals surface area contributed by atoms with E-state index in [1.807, 2.05) is 13.0 Å². The Morgan fingerprint density at radius 2 is 1.77 bits per heavy atom. The second-order valence-corrected chi connectivity index (χ2v) is 8.04. The van der Waals surface area contributed by atoms with Gasteiger partial charge in [-0.05, 0) is 37.5 Å². The molecule has 1 saturated carbocycles. The molecule has 3 amide bonds. The SMILES string of the molecule is CCN1C(=O)C(C(N)=O)(c2ccccc2)c2c(C(=O)NC3CCCCC3)cccc21. The molecule has 4 rings (SSSR count). The van der Waals surface area contributed by atoms with E-state index in [-0.39, 0.29) is 11.9 Å². The van der Waals surface area contributed by atoms with E-state index in [1.165, 1.54) is 6.42 Å². The summed E-state index contributed by atoms with van der Waals surface area (Å²) in [5, 5.41) is 3.12. The molecule has 0 bridgehead atoms. The number of rotatable bonds is 5. The molecule has 0 spiro atoms. The number of nitrogens with one attached hydrogen (secondary N) is 1. The second-order valence-electron chi connectivity index (χ2n) is 8.04. The molecule has 2 aliphatic rings. The molecule has 156 valence electrons. The van der Waals surface area contributed by atoms with Crippen molar-refractivity contribution >= 4 is 23.4 Å². The molecule has 3 N–H and O–H groups in total. The van der Waals surface area contributed by atoms with E-state index in [0.717, 1.165) is 25.7 Å². The van der Waals surface area contributed by atoms with Crippen molar-refractivity contribution in [2.24, 2.45) is 5.73 Å². The highest BCUT2D eigenvalue weighted by Crippen LogP contribution is 2.47. The van der Waals surface area contributed by atoms with Crippen LogP contribution in [-0.4, -0.2) is 30.3 Å². The van der Waals surface area contributed by atoms with Crippen molar-refractivity contribution in [3.8, 4) is 0 Å². The third kappa shape index (κ3) is 2.98. The standard InChI is InChI=1S/C24H27N3O3/c1-2-27-19-15-9-14-18(21(28)26-17-12-7-4-8-13-17)20(19)24(22(25)29,23(27)30)16-10-5-3-6-11-16/h3,5-6,9-11,14-15,17H,2,4,7-8,12-13H2,1H3,(H2,25,29)(H,26,28). The van der Waals surface area contributed by atoms with Gasteiger partial charge in [-0.25, -0.2) is 0 Å². The Kier molecular flexibility index (Phi) is 5.33. The summed E-state index contributed by atoms with van der Waals surface area (Å²) in [7, 11) is 0. The monoisotopic (exact) mass is 405 g/mol. The van der Waals surface area contributed by atoms with Crippen molar-refractivity contribution in [3.63, 3.8) is 0 Å². The molecule has 2 aromatic carbocycles. The first-order valence-electron chi connectivity index (χ1n) is 10.6. The van der Waals surface area contributed by atoms with Gasteiger partial charge in [-0.3, -0.25) is 14.4 Å². The van der Waals surface area contributed by atoms with E-state index in [1.54, 1.807) is 47.4 Å². The van der Waals surface area contributed by atoms with Gasteiger partial charge in [-0.1, -0.05) is 55.7 Å². The van der Waals surface area contributed by atoms with E-state index in [9.17, 15) is 14.4 Å². The van der Waals surface area contributed by atoms with Crippen LogP contribution in [-0.2, 0) is 15.0 Å². The van der Waals surface area contributed by atoms with E-state index >= 15 is 0 Å². The number of likely N-dealkylation sites (N-methyl/N-ethyl adjacent to an activating group) is 1. The molecule has 1 atom stereocenters. The minimum absolute atomic E-state index is 0.112. The van der Waals surface area contributed by atoms with Crippen LogP contribution in [0.15, 0.2) is 48.5 Å². The lowest BCUT2D eigenvalue weighted by Gasteiger charge is -2.28. The van der Waals surface area contributed by atoms with Crippen molar-refractivity contribution in [2.45, 2.75) is 50.5 Å². The molecule has 1 heterocycles. The highest BCUT2D eigenvalue weighted by atomic mass is 16.2. The molecule has 2 aromatic rings. The largest absolute Gasteiger partial charge is 0.368 e. The van der Waals surface area contributed by atoms with E-state index < -0.39 is 17.2 Å². The van der Waals surface area contributed by atoms with Gasteiger partial charge in [0.15, 0.2) is 5.41 Å². The maximum Gasteiger partial charge on any atom is 0.251 e. The smallest absolute Gasteiger partial charge is 0.251 e. The number of nitrogens with zero attached hydrogens (tertiary/aromatic N) is 1. The van der Waals surface area contributed by atoms with Crippen LogP contribution in [0.4, 0.5) is 5.69 Å². The fraction of sp³-hybridized carbons (Fsp3) is 0.375. The summed E-state index contributed by atoms with van der Waals surface area (Å²) >= 11 is 0. The molecule has 0 radical (unpaired) electrons. The fourth-order valence-corrected chi connectivity index (χ4v) is 4.92. The molecule has 1 aliphatic heterocycles. The number of hydrogen-bond donors (Lipinski definition) is 2. The van der Waals surface area contributed by atoms with Crippen LogP contribution in [0.3, 0.4) is 0 Å². The number of carbonyl (C=O) groups is 3. The maximum absolute atomic E-state index is 13.6. The highest BCUT2D eigenvalue weighted by Gasteiger charge is 2.58. The van der Waals surface area contributed by atoms with Crippen LogP contribution in [0.5, 0.6) is 0 Å². The van der Waals surface area contributed by atoms with Crippen LogP contribution in [0.2, 0.25) is 0 Å². The van der Waals surface area contributed by atoms with Crippen molar-refractivity contribution < 1.29 is 14.4 Å². The zero-order valence-electron chi connectivity index (χ0n) is 17.2. The van der Waals surface area contributed by atoms with Crippen LogP contribution < -0.4 is 16.0 Å². The Labute approximate surface area is 176 Å². The van der Waals surface area contributed by atoms with Gasteiger partial charge in [-0.15, -0.1) is 0 Å². The zero-order chi connectivity index (χ0) is 21.3. The molecule has 1 unspecified atom stereocenters. The summed E-state index contributed by atoms with van der Waals surface area (Å²) in [5.74, 6) is -1.43. The van der Waals surface area contributed by atoms with Crippen molar-refractivity contribution in [1.82, 2.24) is 5.32 Å². The summed E-state index contributed by atoms with van der Waals surface area (Å²) in [6, 6.07) is 14.1. The minimum Gasteiger partial charge on any atom is -0.368 e. The van der Waals surface area contributed by atoms with E-state index in [0.29, 0.717) is 28.9 Å². The Morgan fingerprint density at radius 1 is 1.07 bits per heavy atom. The molecule has 6 nitrogen and oxygen atoms in total. The number of benzene rings is 2. The van der Waals surface area contributed by atoms with Gasteiger partial charge in [-0.2, -0.15) is 0 Å². The second kappa shape index (κ2) is 7.94. The predicted octanol–water partition coefficient (Wildman–Crippen LogP) is 2.89. The predicted molar refractivity (Wildman–Crippen MR) is 115 cm³/mol. The zero-order valence-corrected chi connectivity index (χ0v) is 17.2. The molecule has 6 heteroatoms. The first kappa shape index (κ1) is 20.1. The lowest BCUT2D eigenvalue weighted by molar-refractivity contribution is -0.131. The molecule has 0 saturated heterocycles. The minimum atomic E-state index is -1.72. The Balaban J connectivity index is 1.89. The van der Waals surface area contributed by atoms with Gasteiger partial charge < -0.3 is 16.0 Å². The molecule has 0 aromatic heterocycles. The van der Waals surface area contributed by atoms with Crippen LogP contribution in [0, 0.1) is 0 Å². The number of nitrogens with two attached hydrogens (primary N) is 1. The number of hydrogen-bond acceptors (Lipinski definition) is 3. The number of amides is 3. The van der Waals surface area contributed by atoms with Crippen LogP contribution >= 0.6 is 0 Å². The van der Waals surface area contributed by atoms with Gasteiger partial charge in [0.2, 0.25) is 5.91 Å². The first-order chi connectivity index (χ1) is 14.5. The van der Waals surface area contributed by atoms with Gasteiger partial charge in [0, 0.05) is 29.4 Å². The number of carbonyl (C=O) groups excluding carboxylic acids is 3. The summed E-state index contributed by atoms with van der Waals surface area (Å²) in [4.78, 5) is 41.5. The van der Waals surface area contributed by atoms with Gasteiger partial charge in [0.25, 0.3) is 11.8 Å². The van der Waals surface area contributed by atoms with Gasteiger partial charge in [0.1, 0.15) is 0 Å². The van der Waals surface area contributed by atoms with Crippen LogP contribution in [0.1, 0.15) is 60.5 Å². The molecule has 1 fully saturated rings. The average molecular weight is 405 g/mol. The Morgan fingerprint density at radius 3 is 2.40 bits per heavy atom. The average Bonchev–Trinajstić information content (AvgIpc) is 3.03. The lowest BCUT2D eigenvalue weighted by Crippen LogP contribution is -2.51. The fourth-order valence-electron chi connectivity index (χ4n) is 4.92. The summed E-state index contributed by atoms with van der Waals surface area (Å²) < 4.78 is 0. The van der Waals surface area contributed by atoms with E-state index in [2.05, 4.69) is 5.32 Å². The topological polar surface area (TPSA) is 92.5 Å². The third-order valence-electron chi connectivity index (χ3n) is 6.35. The molecule has 1 aliphatic carbocycles. The van der Waals surface area contributed by atoms with Crippen molar-refractivity contribution in [2.75, 3.05) is 11.4 Å². The number of primary amides is 1. The number of anilines is 1. The quantitative estimate of drug-likeness (QED) is 0.749. The lowest BCUT2D eigenvalue weighted by atomic mass is 9.72.